The first-order valence-electron chi connectivity index (χ1n) is 6.91. The fraction of sp³-hybridized carbons (Fsp3) is 0.375. The summed E-state index contributed by atoms with van der Waals surface area (Å²) in [6, 6.07) is 5.52. The number of carbonyl (C=O) groups is 2. The van der Waals surface area contributed by atoms with E-state index in [9.17, 15) is 9.59 Å². The lowest BCUT2D eigenvalue weighted by Crippen LogP contribution is -2.25. The zero-order chi connectivity index (χ0) is 16.5. The third-order valence-corrected chi connectivity index (χ3v) is 3.09. The van der Waals surface area contributed by atoms with Gasteiger partial charge in [-0.2, -0.15) is 0 Å². The van der Waals surface area contributed by atoms with Gasteiger partial charge in [0.05, 0.1) is 19.6 Å². The van der Waals surface area contributed by atoms with Crippen LogP contribution in [0.25, 0.3) is 6.08 Å². The number of ether oxygens (including phenoxy) is 2. The average Bonchev–Trinajstić information content (AvgIpc) is 2.44. The van der Waals surface area contributed by atoms with Gasteiger partial charge in [0.15, 0.2) is 0 Å². The van der Waals surface area contributed by atoms with E-state index < -0.39 is 0 Å². The molecule has 1 rings (SSSR count). The molecule has 6 heteroatoms. The van der Waals surface area contributed by atoms with Crippen molar-refractivity contribution in [2.75, 3.05) is 13.7 Å². The normalized spacial score (nSPS) is 10.8. The largest absolute Gasteiger partial charge is 0.496 e. The van der Waals surface area contributed by atoms with E-state index in [1.165, 1.54) is 6.08 Å². The van der Waals surface area contributed by atoms with E-state index in [0.29, 0.717) is 5.75 Å². The monoisotopic (exact) mass is 369 g/mol. The number of esters is 1. The van der Waals surface area contributed by atoms with Gasteiger partial charge in [-0.15, -0.1) is 0 Å². The standard InChI is InChI=1S/C16H20BrNO4/c1-11(2)22-16(20)8-9-18-15(19)7-4-12-10-13(17)5-6-14(12)21-3/h4-7,10-11H,8-9H2,1-3H3,(H,18,19)/b7-4+. The quantitative estimate of drug-likeness (QED) is 0.592. The lowest BCUT2D eigenvalue weighted by Gasteiger charge is -2.07. The second-order valence-electron chi connectivity index (χ2n) is 4.80. The maximum atomic E-state index is 11.7. The van der Waals surface area contributed by atoms with Gasteiger partial charge in [-0.05, 0) is 38.1 Å². The van der Waals surface area contributed by atoms with E-state index in [1.54, 1.807) is 27.0 Å². The third-order valence-electron chi connectivity index (χ3n) is 2.60. The molecule has 0 heterocycles. The van der Waals surface area contributed by atoms with Crippen LogP contribution < -0.4 is 10.1 Å². The SMILES string of the molecule is COc1ccc(Br)cc1/C=C/C(=O)NCCC(=O)OC(C)C. The van der Waals surface area contributed by atoms with Crippen LogP contribution in [0.5, 0.6) is 5.75 Å². The van der Waals surface area contributed by atoms with Gasteiger partial charge in [0.2, 0.25) is 5.91 Å². The molecule has 0 saturated heterocycles. The summed E-state index contributed by atoms with van der Waals surface area (Å²) in [7, 11) is 1.57. The number of halogens is 1. The molecule has 0 bridgehead atoms. The Kier molecular flexibility index (Phi) is 7.66. The molecule has 0 saturated carbocycles. The molecule has 1 aromatic rings. The van der Waals surface area contributed by atoms with Crippen molar-refractivity contribution in [3.05, 3.63) is 34.3 Å². The number of hydrogen-bond acceptors (Lipinski definition) is 4. The number of rotatable bonds is 7. The molecular weight excluding hydrogens is 350 g/mol. The minimum Gasteiger partial charge on any atom is -0.496 e. The fourth-order valence-corrected chi connectivity index (χ4v) is 2.05. The summed E-state index contributed by atoms with van der Waals surface area (Å²) in [6.45, 7) is 3.81. The van der Waals surface area contributed by atoms with Gasteiger partial charge >= 0.3 is 5.97 Å². The van der Waals surface area contributed by atoms with Gasteiger partial charge in [0.1, 0.15) is 5.75 Å². The Morgan fingerprint density at radius 2 is 2.09 bits per heavy atom. The second-order valence-corrected chi connectivity index (χ2v) is 5.71. The predicted octanol–water partition coefficient (Wildman–Crippen LogP) is 2.93. The number of nitrogens with one attached hydrogen (secondary N) is 1. The molecule has 0 fully saturated rings. The maximum Gasteiger partial charge on any atom is 0.307 e. The first-order valence-corrected chi connectivity index (χ1v) is 7.70. The van der Waals surface area contributed by atoms with Crippen molar-refractivity contribution in [3.63, 3.8) is 0 Å². The summed E-state index contributed by atoms with van der Waals surface area (Å²) in [5, 5.41) is 2.63. The zero-order valence-electron chi connectivity index (χ0n) is 12.9. The molecule has 0 aliphatic heterocycles. The Morgan fingerprint density at radius 3 is 2.73 bits per heavy atom. The summed E-state index contributed by atoms with van der Waals surface area (Å²) >= 11 is 3.37. The van der Waals surface area contributed by atoms with Gasteiger partial charge in [-0.25, -0.2) is 0 Å². The Bertz CT molecular complexity index is 555. The van der Waals surface area contributed by atoms with Gasteiger partial charge in [0.25, 0.3) is 0 Å². The molecule has 0 aliphatic carbocycles. The Balaban J connectivity index is 2.48. The van der Waals surface area contributed by atoms with Crippen LogP contribution in [0.2, 0.25) is 0 Å². The molecule has 0 aliphatic rings. The molecule has 0 spiro atoms. The van der Waals surface area contributed by atoms with E-state index in [1.807, 2.05) is 18.2 Å². The average molecular weight is 370 g/mol. The maximum absolute atomic E-state index is 11.7. The van der Waals surface area contributed by atoms with Crippen molar-refractivity contribution in [2.24, 2.45) is 0 Å². The molecule has 0 atom stereocenters. The van der Waals surface area contributed by atoms with Crippen LogP contribution in [0.3, 0.4) is 0 Å². The molecule has 5 nitrogen and oxygen atoms in total. The first-order chi connectivity index (χ1) is 10.4. The first kappa shape index (κ1) is 18.2. The van der Waals surface area contributed by atoms with Crippen molar-refractivity contribution in [3.8, 4) is 5.75 Å². The number of methoxy groups -OCH3 is 1. The van der Waals surface area contributed by atoms with Crippen LogP contribution >= 0.6 is 15.9 Å². The fourth-order valence-electron chi connectivity index (χ4n) is 1.67. The molecular formula is C16H20BrNO4. The Morgan fingerprint density at radius 1 is 1.36 bits per heavy atom. The number of carbonyl (C=O) groups excluding carboxylic acids is 2. The third kappa shape index (κ3) is 6.76. The number of hydrogen-bond donors (Lipinski definition) is 1. The van der Waals surface area contributed by atoms with Gasteiger partial charge in [-0.3, -0.25) is 9.59 Å². The summed E-state index contributed by atoms with van der Waals surface area (Å²) < 4.78 is 11.1. The highest BCUT2D eigenvalue weighted by Gasteiger charge is 2.06. The Hall–Kier alpha value is -1.82. The van der Waals surface area contributed by atoms with Crippen LogP contribution in [-0.2, 0) is 14.3 Å². The highest BCUT2D eigenvalue weighted by atomic mass is 79.9. The van der Waals surface area contributed by atoms with Crippen molar-refractivity contribution in [1.29, 1.82) is 0 Å². The second kappa shape index (κ2) is 9.25. The van der Waals surface area contributed by atoms with Crippen molar-refractivity contribution < 1.29 is 19.1 Å². The predicted molar refractivity (Wildman–Crippen MR) is 88.6 cm³/mol. The van der Waals surface area contributed by atoms with Crippen LogP contribution in [-0.4, -0.2) is 31.6 Å². The molecule has 22 heavy (non-hydrogen) atoms. The molecule has 1 N–H and O–H groups in total. The molecule has 120 valence electrons. The smallest absolute Gasteiger partial charge is 0.307 e. The van der Waals surface area contributed by atoms with Crippen LogP contribution in [0, 0.1) is 0 Å². The highest BCUT2D eigenvalue weighted by molar-refractivity contribution is 9.10. The lowest BCUT2D eigenvalue weighted by molar-refractivity contribution is -0.147. The van der Waals surface area contributed by atoms with Crippen LogP contribution in [0.1, 0.15) is 25.8 Å². The van der Waals surface area contributed by atoms with E-state index >= 15 is 0 Å². The molecule has 1 amide bonds. The van der Waals surface area contributed by atoms with Crippen LogP contribution in [0.4, 0.5) is 0 Å². The zero-order valence-corrected chi connectivity index (χ0v) is 14.5. The summed E-state index contributed by atoms with van der Waals surface area (Å²) in [6.07, 6.45) is 3.06. The number of amides is 1. The Labute approximate surface area is 138 Å². The molecule has 0 unspecified atom stereocenters. The molecule has 0 radical (unpaired) electrons. The minimum atomic E-state index is -0.326. The van der Waals surface area contributed by atoms with Gasteiger partial charge < -0.3 is 14.8 Å². The van der Waals surface area contributed by atoms with E-state index in [-0.39, 0.29) is 30.9 Å². The summed E-state index contributed by atoms with van der Waals surface area (Å²) in [5.41, 5.74) is 0.784. The van der Waals surface area contributed by atoms with Crippen LogP contribution in [0.15, 0.2) is 28.7 Å². The highest BCUT2D eigenvalue weighted by Crippen LogP contribution is 2.23. The van der Waals surface area contributed by atoms with Gasteiger partial charge in [-0.1, -0.05) is 15.9 Å². The van der Waals surface area contributed by atoms with E-state index in [4.69, 9.17) is 9.47 Å². The van der Waals surface area contributed by atoms with Crippen molar-refractivity contribution in [1.82, 2.24) is 5.32 Å². The molecule has 1 aromatic carbocycles. The summed E-state index contributed by atoms with van der Waals surface area (Å²) in [5.74, 6) is 0.0695. The molecule has 0 aromatic heterocycles. The summed E-state index contributed by atoms with van der Waals surface area (Å²) in [4.78, 5) is 23.0. The van der Waals surface area contributed by atoms with E-state index in [0.717, 1.165) is 10.0 Å². The van der Waals surface area contributed by atoms with Crippen molar-refractivity contribution in [2.45, 2.75) is 26.4 Å². The van der Waals surface area contributed by atoms with Crippen molar-refractivity contribution >= 4 is 33.9 Å². The number of benzene rings is 1. The van der Waals surface area contributed by atoms with E-state index in [2.05, 4.69) is 21.2 Å². The topological polar surface area (TPSA) is 64.6 Å². The van der Waals surface area contributed by atoms with Gasteiger partial charge in [0, 0.05) is 22.7 Å². The minimum absolute atomic E-state index is 0.146. The lowest BCUT2D eigenvalue weighted by atomic mass is 10.2.